The molecule has 4 atom stereocenters. The number of piperidine rings is 4. The van der Waals surface area contributed by atoms with Crippen molar-refractivity contribution in [2.24, 2.45) is 35.5 Å². The minimum Gasteiger partial charge on any atom is -0.340 e. The van der Waals surface area contributed by atoms with Gasteiger partial charge in [-0.3, -0.25) is 19.4 Å². The van der Waals surface area contributed by atoms with Crippen LogP contribution in [0.5, 0.6) is 0 Å². The van der Waals surface area contributed by atoms with Crippen molar-refractivity contribution in [2.45, 2.75) is 163 Å². The third-order valence-corrected chi connectivity index (χ3v) is 17.5. The maximum absolute atomic E-state index is 13.6. The van der Waals surface area contributed by atoms with E-state index in [-0.39, 0.29) is 11.8 Å². The van der Waals surface area contributed by atoms with Gasteiger partial charge in [0.05, 0.1) is 6.54 Å². The van der Waals surface area contributed by atoms with Gasteiger partial charge in [0.25, 0.3) is 0 Å². The van der Waals surface area contributed by atoms with Crippen LogP contribution >= 0.6 is 0 Å². The molecule has 0 N–H and O–H groups in total. The Labute approximate surface area is 382 Å². The lowest BCUT2D eigenvalue weighted by molar-refractivity contribution is -0.137. The Morgan fingerprint density at radius 1 is 0.419 bits per heavy atom. The zero-order valence-electron chi connectivity index (χ0n) is 41.8. The first-order valence-electron chi connectivity index (χ1n) is 26.8. The van der Waals surface area contributed by atoms with Crippen LogP contribution < -0.4 is 0 Å². The van der Waals surface area contributed by atoms with Crippen LogP contribution in [0.3, 0.4) is 0 Å². The van der Waals surface area contributed by atoms with Gasteiger partial charge in [-0.25, -0.2) is 0 Å². The molecule has 4 unspecified atom stereocenters. The maximum atomic E-state index is 13.6. The Balaban J connectivity index is 0.771. The summed E-state index contributed by atoms with van der Waals surface area (Å²) in [4.78, 5) is 46.6. The van der Waals surface area contributed by atoms with Crippen molar-refractivity contribution >= 4 is 11.7 Å². The summed E-state index contributed by atoms with van der Waals surface area (Å²) in [5, 5.41) is 0. The summed E-state index contributed by atoms with van der Waals surface area (Å²) in [6, 6.07) is 2.67. The van der Waals surface area contributed by atoms with Gasteiger partial charge in [-0.1, -0.05) is 20.8 Å². The van der Waals surface area contributed by atoms with Gasteiger partial charge >= 0.3 is 0 Å². The standard InChI is InChI=1S/C52H98N8O2/c1-41(2)51(61)40-55-31-29-53(30-32-55)38-49-17-25-58(26-18-49)44(6)10-9-43(5)52(62)60-35-33-54(34-36-60)39-50-19-27-59(28-20-50)46(8)12-11-45(7)57-23-15-48(16-24-57)37-47-13-21-56(22-14-47)42(3)4/h41-50H,9-40H2,1-8H3. The Morgan fingerprint density at radius 3 is 1.18 bits per heavy atom. The fourth-order valence-corrected chi connectivity index (χ4v) is 12.3. The van der Waals surface area contributed by atoms with Crippen LogP contribution in [0.15, 0.2) is 0 Å². The normalized spacial score (nSPS) is 26.4. The zero-order valence-corrected chi connectivity index (χ0v) is 41.8. The summed E-state index contributed by atoms with van der Waals surface area (Å²) >= 11 is 0. The van der Waals surface area contributed by atoms with E-state index in [1.54, 1.807) is 0 Å². The molecule has 0 spiro atoms. The number of piperazine rings is 2. The first-order valence-corrected chi connectivity index (χ1v) is 26.8. The molecule has 0 bridgehead atoms. The molecule has 1 amide bonds. The van der Waals surface area contributed by atoms with E-state index in [4.69, 9.17) is 0 Å². The second kappa shape index (κ2) is 25.1. The third-order valence-electron chi connectivity index (χ3n) is 17.5. The summed E-state index contributed by atoms with van der Waals surface area (Å²) in [5.74, 6) is 4.54. The van der Waals surface area contributed by atoms with Crippen LogP contribution in [-0.2, 0) is 9.59 Å². The van der Waals surface area contributed by atoms with E-state index in [1.807, 2.05) is 13.8 Å². The summed E-state index contributed by atoms with van der Waals surface area (Å²) in [5.41, 5.74) is 0. The highest BCUT2D eigenvalue weighted by atomic mass is 16.2. The lowest BCUT2D eigenvalue weighted by atomic mass is 9.82. The molecule has 6 saturated heterocycles. The first-order chi connectivity index (χ1) is 29.8. The molecule has 0 radical (unpaired) electrons. The molecule has 10 nitrogen and oxygen atoms in total. The minimum atomic E-state index is 0.116. The summed E-state index contributed by atoms with van der Waals surface area (Å²) in [7, 11) is 0. The number of carbonyl (C=O) groups excluding carboxylic acids is 2. The number of Topliss-reactive ketones (excluding diaryl/α,β-unsaturated/α-hetero) is 1. The smallest absolute Gasteiger partial charge is 0.225 e. The predicted octanol–water partition coefficient (Wildman–Crippen LogP) is 6.98. The molecule has 6 fully saturated rings. The average molecular weight is 867 g/mol. The number of nitrogens with zero attached hydrogens (tertiary/aromatic N) is 8. The molecule has 0 aromatic carbocycles. The molecule has 6 aliphatic rings. The molecule has 0 aromatic rings. The van der Waals surface area contributed by atoms with Gasteiger partial charge in [-0.05, 0) is 194 Å². The van der Waals surface area contributed by atoms with E-state index < -0.39 is 0 Å². The highest BCUT2D eigenvalue weighted by Gasteiger charge is 2.32. The number of ketones is 1. The molecule has 358 valence electrons. The first kappa shape index (κ1) is 50.3. The highest BCUT2D eigenvalue weighted by Crippen LogP contribution is 2.32. The van der Waals surface area contributed by atoms with Gasteiger partial charge < -0.3 is 29.4 Å². The minimum absolute atomic E-state index is 0.116. The Hall–Kier alpha value is -1.14. The van der Waals surface area contributed by atoms with Crippen LogP contribution in [0.4, 0.5) is 0 Å². The molecule has 62 heavy (non-hydrogen) atoms. The van der Waals surface area contributed by atoms with Crippen molar-refractivity contribution in [2.75, 3.05) is 124 Å². The van der Waals surface area contributed by atoms with Crippen molar-refractivity contribution in [3.63, 3.8) is 0 Å². The van der Waals surface area contributed by atoms with Crippen molar-refractivity contribution in [3.05, 3.63) is 0 Å². The summed E-state index contributed by atoms with van der Waals surface area (Å²) in [6.07, 6.45) is 17.2. The fraction of sp³-hybridized carbons (Fsp3) is 0.962. The zero-order chi connectivity index (χ0) is 44.2. The summed E-state index contributed by atoms with van der Waals surface area (Å²) < 4.78 is 0. The van der Waals surface area contributed by atoms with Crippen molar-refractivity contribution < 1.29 is 9.59 Å². The van der Waals surface area contributed by atoms with Crippen molar-refractivity contribution in [3.8, 4) is 0 Å². The van der Waals surface area contributed by atoms with Gasteiger partial charge in [-0.15, -0.1) is 0 Å². The van der Waals surface area contributed by atoms with E-state index in [0.717, 1.165) is 94.9 Å². The average Bonchev–Trinajstić information content (AvgIpc) is 3.28. The van der Waals surface area contributed by atoms with E-state index in [1.165, 1.54) is 136 Å². The molecule has 0 aliphatic carbocycles. The van der Waals surface area contributed by atoms with Gasteiger partial charge in [0.1, 0.15) is 5.78 Å². The van der Waals surface area contributed by atoms with Crippen LogP contribution in [-0.4, -0.2) is 199 Å². The predicted molar refractivity (Wildman–Crippen MR) is 259 cm³/mol. The number of rotatable bonds is 20. The van der Waals surface area contributed by atoms with Gasteiger partial charge in [0, 0.05) is 101 Å². The van der Waals surface area contributed by atoms with E-state index in [2.05, 4.69) is 80.7 Å². The lowest BCUT2D eigenvalue weighted by Crippen LogP contribution is -2.52. The van der Waals surface area contributed by atoms with E-state index in [0.29, 0.717) is 36.4 Å². The molecule has 0 aromatic heterocycles. The van der Waals surface area contributed by atoms with Crippen LogP contribution in [0.2, 0.25) is 0 Å². The molecule has 6 rings (SSSR count). The van der Waals surface area contributed by atoms with E-state index in [9.17, 15) is 9.59 Å². The number of carbonyl (C=O) groups is 2. The monoisotopic (exact) mass is 867 g/mol. The molecule has 6 aliphatic heterocycles. The lowest BCUT2D eigenvalue weighted by Gasteiger charge is -2.41. The fourth-order valence-electron chi connectivity index (χ4n) is 12.3. The van der Waals surface area contributed by atoms with Gasteiger partial charge in [0.2, 0.25) is 5.91 Å². The second-order valence-electron chi connectivity index (χ2n) is 22.7. The maximum Gasteiger partial charge on any atom is 0.225 e. The molecular formula is C52H98N8O2. The van der Waals surface area contributed by atoms with Crippen molar-refractivity contribution in [1.29, 1.82) is 0 Å². The molecule has 0 saturated carbocycles. The quantitative estimate of drug-likeness (QED) is 0.129. The molecule has 10 heteroatoms. The topological polar surface area (TPSA) is 60.1 Å². The Morgan fingerprint density at radius 2 is 0.774 bits per heavy atom. The van der Waals surface area contributed by atoms with Gasteiger partial charge in [-0.2, -0.15) is 0 Å². The Bertz CT molecular complexity index is 1280. The van der Waals surface area contributed by atoms with Crippen LogP contribution in [0, 0.1) is 35.5 Å². The SMILES string of the molecule is CC(C)C(=O)CN1CCN(CC2CCN(C(C)CCC(C)C(=O)N3CCN(CC4CCN(C(C)CCC(C)N5CCC(CC6CCN(C(C)C)CC6)CC5)CC4)CC3)CC2)CC1. The van der Waals surface area contributed by atoms with Gasteiger partial charge in [0.15, 0.2) is 0 Å². The second-order valence-corrected chi connectivity index (χ2v) is 22.7. The molecular weight excluding hydrogens is 769 g/mol. The number of likely N-dealkylation sites (tertiary alicyclic amines) is 4. The molecule has 6 heterocycles. The van der Waals surface area contributed by atoms with Crippen LogP contribution in [0.25, 0.3) is 0 Å². The van der Waals surface area contributed by atoms with Crippen LogP contribution in [0.1, 0.15) is 139 Å². The van der Waals surface area contributed by atoms with Crippen molar-refractivity contribution in [1.82, 2.24) is 39.2 Å². The number of hydrogen-bond acceptors (Lipinski definition) is 9. The largest absolute Gasteiger partial charge is 0.340 e. The Kier molecular flexibility index (Phi) is 20.4. The van der Waals surface area contributed by atoms with E-state index >= 15 is 0 Å². The summed E-state index contributed by atoms with van der Waals surface area (Å²) in [6.45, 7) is 39.7. The highest BCUT2D eigenvalue weighted by molar-refractivity contribution is 5.82. The number of amides is 1. The number of hydrogen-bond donors (Lipinski definition) is 0. The third kappa shape index (κ3) is 15.5.